The first-order chi connectivity index (χ1) is 5.85. The fourth-order valence-corrected chi connectivity index (χ4v) is 1.81. The lowest BCUT2D eigenvalue weighted by Gasteiger charge is -2.10. The lowest BCUT2D eigenvalue weighted by atomic mass is 10.1. The van der Waals surface area contributed by atoms with Crippen LogP contribution in [0, 0.1) is 10.7 Å². The molecule has 0 fully saturated rings. The second-order valence-electron chi connectivity index (χ2n) is 2.84. The van der Waals surface area contributed by atoms with E-state index in [-0.39, 0.29) is 6.61 Å². The van der Waals surface area contributed by atoms with Crippen molar-refractivity contribution in [1.29, 1.82) is 5.26 Å². The third-order valence-corrected chi connectivity index (χ3v) is 2.69. The van der Waals surface area contributed by atoms with E-state index >= 15 is 0 Å². The van der Waals surface area contributed by atoms with Gasteiger partial charge in [-0.05, 0) is 31.0 Å². The first kappa shape index (κ1) is 11.8. The van der Waals surface area contributed by atoms with Crippen LogP contribution in [0.5, 0.6) is 0 Å². The summed E-state index contributed by atoms with van der Waals surface area (Å²) < 4.78 is 0. The van der Waals surface area contributed by atoms with E-state index in [0.29, 0.717) is 5.25 Å². The SMILES string of the molecule is CCCCC(CCCO)SC#N. The Hall–Kier alpha value is -0.200. The molecule has 1 N–H and O–H groups in total. The molecule has 0 spiro atoms. The summed E-state index contributed by atoms with van der Waals surface area (Å²) in [5, 5.41) is 19.7. The number of nitriles is 1. The number of hydrogen-bond acceptors (Lipinski definition) is 3. The number of hydrogen-bond donors (Lipinski definition) is 1. The first-order valence-corrected chi connectivity index (χ1v) is 5.38. The third kappa shape index (κ3) is 6.51. The van der Waals surface area contributed by atoms with Crippen LogP contribution >= 0.6 is 11.8 Å². The molecule has 0 aromatic carbocycles. The molecule has 70 valence electrons. The molecule has 0 saturated carbocycles. The molecule has 0 radical (unpaired) electrons. The molecule has 0 aliphatic rings. The van der Waals surface area contributed by atoms with E-state index in [1.807, 2.05) is 0 Å². The van der Waals surface area contributed by atoms with Gasteiger partial charge >= 0.3 is 0 Å². The Morgan fingerprint density at radius 3 is 2.58 bits per heavy atom. The van der Waals surface area contributed by atoms with E-state index in [9.17, 15) is 0 Å². The molecule has 0 saturated heterocycles. The van der Waals surface area contributed by atoms with Crippen molar-refractivity contribution in [2.45, 2.75) is 44.3 Å². The standard InChI is InChI=1S/C9H17NOS/c1-2-3-5-9(12-8-10)6-4-7-11/h9,11H,2-7H2,1H3. The van der Waals surface area contributed by atoms with Crippen molar-refractivity contribution in [2.24, 2.45) is 0 Å². The van der Waals surface area contributed by atoms with Crippen molar-refractivity contribution < 1.29 is 5.11 Å². The fraction of sp³-hybridized carbons (Fsp3) is 0.889. The predicted octanol–water partition coefficient (Wildman–Crippen LogP) is 2.53. The Balaban J connectivity index is 3.48. The van der Waals surface area contributed by atoms with Crippen LogP contribution in [0.4, 0.5) is 0 Å². The molecule has 0 bridgehead atoms. The summed E-state index contributed by atoms with van der Waals surface area (Å²) >= 11 is 1.35. The second-order valence-corrected chi connectivity index (χ2v) is 3.92. The summed E-state index contributed by atoms with van der Waals surface area (Å²) in [4.78, 5) is 0. The van der Waals surface area contributed by atoms with Crippen LogP contribution in [-0.2, 0) is 0 Å². The minimum atomic E-state index is 0.245. The summed E-state index contributed by atoms with van der Waals surface area (Å²) in [7, 11) is 0. The minimum Gasteiger partial charge on any atom is -0.396 e. The molecular weight excluding hydrogens is 170 g/mol. The zero-order valence-corrected chi connectivity index (χ0v) is 8.44. The van der Waals surface area contributed by atoms with Crippen LogP contribution < -0.4 is 0 Å². The van der Waals surface area contributed by atoms with Gasteiger partial charge in [-0.3, -0.25) is 0 Å². The van der Waals surface area contributed by atoms with Gasteiger partial charge in [-0.2, -0.15) is 5.26 Å². The van der Waals surface area contributed by atoms with Gasteiger partial charge in [-0.25, -0.2) is 0 Å². The maximum absolute atomic E-state index is 8.62. The largest absolute Gasteiger partial charge is 0.396 e. The van der Waals surface area contributed by atoms with Gasteiger partial charge in [-0.15, -0.1) is 0 Å². The van der Waals surface area contributed by atoms with Crippen molar-refractivity contribution in [3.63, 3.8) is 0 Å². The van der Waals surface area contributed by atoms with Crippen LogP contribution in [-0.4, -0.2) is 17.0 Å². The Bertz CT molecular complexity index is 125. The maximum Gasteiger partial charge on any atom is 0.133 e. The molecule has 2 nitrogen and oxygen atoms in total. The highest BCUT2D eigenvalue weighted by atomic mass is 32.2. The maximum atomic E-state index is 8.62. The number of nitrogens with zero attached hydrogens (tertiary/aromatic N) is 1. The van der Waals surface area contributed by atoms with Crippen LogP contribution in [0.3, 0.4) is 0 Å². The van der Waals surface area contributed by atoms with Crippen LogP contribution in [0.25, 0.3) is 0 Å². The average Bonchev–Trinajstić information content (AvgIpc) is 2.10. The van der Waals surface area contributed by atoms with Gasteiger partial charge in [0.15, 0.2) is 0 Å². The van der Waals surface area contributed by atoms with Gasteiger partial charge in [0.25, 0.3) is 0 Å². The Kier molecular flexibility index (Phi) is 8.74. The fourth-order valence-electron chi connectivity index (χ4n) is 1.09. The predicted molar refractivity (Wildman–Crippen MR) is 52.8 cm³/mol. The van der Waals surface area contributed by atoms with Gasteiger partial charge in [0.05, 0.1) is 0 Å². The molecule has 1 unspecified atom stereocenters. The van der Waals surface area contributed by atoms with E-state index in [2.05, 4.69) is 12.3 Å². The van der Waals surface area contributed by atoms with Gasteiger partial charge in [0.1, 0.15) is 5.40 Å². The molecule has 0 aliphatic carbocycles. The van der Waals surface area contributed by atoms with E-state index < -0.39 is 0 Å². The Morgan fingerprint density at radius 2 is 2.08 bits per heavy atom. The Morgan fingerprint density at radius 1 is 1.42 bits per heavy atom. The molecule has 0 heterocycles. The summed E-state index contributed by atoms with van der Waals surface area (Å²) in [6, 6.07) is 0. The van der Waals surface area contributed by atoms with Gasteiger partial charge in [-0.1, -0.05) is 19.8 Å². The molecule has 0 aliphatic heterocycles. The van der Waals surface area contributed by atoms with E-state index in [1.54, 1.807) is 0 Å². The third-order valence-electron chi connectivity index (χ3n) is 1.78. The summed E-state index contributed by atoms with van der Waals surface area (Å²) in [6.07, 6.45) is 5.26. The number of thioether (sulfide) groups is 1. The molecule has 0 aromatic rings. The lowest BCUT2D eigenvalue weighted by Crippen LogP contribution is -2.02. The molecule has 0 aromatic heterocycles. The number of aliphatic hydroxyl groups is 1. The minimum absolute atomic E-state index is 0.245. The zero-order chi connectivity index (χ0) is 9.23. The summed E-state index contributed by atoms with van der Waals surface area (Å²) in [5.74, 6) is 0. The summed E-state index contributed by atoms with van der Waals surface area (Å²) in [5.41, 5.74) is 0. The smallest absolute Gasteiger partial charge is 0.133 e. The molecule has 12 heavy (non-hydrogen) atoms. The molecular formula is C9H17NOS. The Labute approximate surface area is 79.0 Å². The van der Waals surface area contributed by atoms with Crippen molar-refractivity contribution in [2.75, 3.05) is 6.61 Å². The molecule has 0 amide bonds. The van der Waals surface area contributed by atoms with Gasteiger partial charge in [0, 0.05) is 11.9 Å². The quantitative estimate of drug-likeness (QED) is 0.623. The van der Waals surface area contributed by atoms with E-state index in [4.69, 9.17) is 10.4 Å². The summed E-state index contributed by atoms with van der Waals surface area (Å²) in [6.45, 7) is 2.40. The highest BCUT2D eigenvalue weighted by Crippen LogP contribution is 2.20. The number of unbranched alkanes of at least 4 members (excludes halogenated alkanes) is 1. The van der Waals surface area contributed by atoms with Gasteiger partial charge < -0.3 is 5.11 Å². The van der Waals surface area contributed by atoms with E-state index in [0.717, 1.165) is 19.3 Å². The highest BCUT2D eigenvalue weighted by molar-refractivity contribution is 8.04. The van der Waals surface area contributed by atoms with Crippen molar-refractivity contribution in [3.8, 4) is 5.40 Å². The van der Waals surface area contributed by atoms with Crippen LogP contribution in [0.15, 0.2) is 0 Å². The number of thiocyanates is 1. The molecule has 0 rings (SSSR count). The highest BCUT2D eigenvalue weighted by Gasteiger charge is 2.07. The second kappa shape index (κ2) is 8.89. The van der Waals surface area contributed by atoms with Crippen LogP contribution in [0.1, 0.15) is 39.0 Å². The molecule has 3 heteroatoms. The monoisotopic (exact) mass is 187 g/mol. The van der Waals surface area contributed by atoms with Crippen LogP contribution in [0.2, 0.25) is 0 Å². The van der Waals surface area contributed by atoms with Gasteiger partial charge in [0.2, 0.25) is 0 Å². The number of aliphatic hydroxyl groups excluding tert-OH is 1. The normalized spacial score (nSPS) is 12.4. The average molecular weight is 187 g/mol. The van der Waals surface area contributed by atoms with Crippen molar-refractivity contribution in [1.82, 2.24) is 0 Å². The molecule has 1 atom stereocenters. The topological polar surface area (TPSA) is 44.0 Å². The lowest BCUT2D eigenvalue weighted by molar-refractivity contribution is 0.283. The van der Waals surface area contributed by atoms with Crippen molar-refractivity contribution in [3.05, 3.63) is 0 Å². The zero-order valence-electron chi connectivity index (χ0n) is 7.62. The van der Waals surface area contributed by atoms with E-state index in [1.165, 1.54) is 24.6 Å². The van der Waals surface area contributed by atoms with Crippen molar-refractivity contribution >= 4 is 11.8 Å². The first-order valence-electron chi connectivity index (χ1n) is 4.50. The number of rotatable bonds is 7.